The molecule has 0 bridgehead atoms. The van der Waals surface area contributed by atoms with Crippen LogP contribution in [0, 0.1) is 0 Å². The smallest absolute Gasteiger partial charge is 0.0717 e. The van der Waals surface area contributed by atoms with E-state index in [2.05, 4.69) is 54.5 Å². The lowest BCUT2D eigenvalue weighted by molar-refractivity contribution is 0.0584. The van der Waals surface area contributed by atoms with E-state index in [1.807, 2.05) is 36.4 Å². The molecular weight excluding hydrogens is 282 g/mol. The molecule has 23 heavy (non-hydrogen) atoms. The highest BCUT2D eigenvalue weighted by molar-refractivity contribution is 5.20. The number of benzene rings is 2. The maximum Gasteiger partial charge on any atom is 0.0717 e. The largest absolute Gasteiger partial charge is 0.375 e. The minimum absolute atomic E-state index is 0.191. The Balaban J connectivity index is 2.06. The first kappa shape index (κ1) is 17.2. The number of nitrogens with zero attached hydrogens (tertiary/aromatic N) is 1. The Morgan fingerprint density at radius 1 is 0.870 bits per heavy atom. The van der Waals surface area contributed by atoms with E-state index >= 15 is 0 Å². The van der Waals surface area contributed by atoms with Crippen LogP contribution >= 0.6 is 0 Å². The number of hydrogen-bond donors (Lipinski definition) is 0. The van der Waals surface area contributed by atoms with E-state index in [1.54, 1.807) is 0 Å². The fourth-order valence-corrected chi connectivity index (χ4v) is 2.61. The predicted molar refractivity (Wildman–Crippen MR) is 97.2 cm³/mol. The molecule has 2 nitrogen and oxygen atoms in total. The number of hydrogen-bond acceptors (Lipinski definition) is 2. The van der Waals surface area contributed by atoms with Crippen LogP contribution in [0.25, 0.3) is 0 Å². The van der Waals surface area contributed by atoms with Gasteiger partial charge in [0.2, 0.25) is 0 Å². The molecule has 0 aliphatic carbocycles. The van der Waals surface area contributed by atoms with Gasteiger partial charge >= 0.3 is 0 Å². The molecule has 0 N–H and O–H groups in total. The highest BCUT2D eigenvalue weighted by atomic mass is 16.5. The first-order valence-electron chi connectivity index (χ1n) is 7.97. The minimum atomic E-state index is 0.191. The van der Waals surface area contributed by atoms with Crippen molar-refractivity contribution < 1.29 is 4.74 Å². The van der Waals surface area contributed by atoms with Gasteiger partial charge in [-0.15, -0.1) is 13.2 Å². The molecule has 120 valence electrons. The molecule has 2 aromatic rings. The van der Waals surface area contributed by atoms with Gasteiger partial charge in [0.1, 0.15) is 0 Å². The van der Waals surface area contributed by atoms with Crippen molar-refractivity contribution >= 4 is 0 Å². The maximum absolute atomic E-state index is 6.00. The first-order valence-corrected chi connectivity index (χ1v) is 7.97. The molecule has 0 radical (unpaired) electrons. The van der Waals surface area contributed by atoms with Crippen LogP contribution in [0.2, 0.25) is 0 Å². The van der Waals surface area contributed by atoms with Gasteiger partial charge in [-0.3, -0.25) is 4.90 Å². The molecule has 0 fully saturated rings. The second kappa shape index (κ2) is 9.78. The van der Waals surface area contributed by atoms with E-state index in [4.69, 9.17) is 4.74 Å². The average Bonchev–Trinajstić information content (AvgIpc) is 2.60. The summed E-state index contributed by atoms with van der Waals surface area (Å²) in [4.78, 5) is 2.32. The second-order valence-corrected chi connectivity index (χ2v) is 5.46. The summed E-state index contributed by atoms with van der Waals surface area (Å²) >= 11 is 0. The normalized spacial score (nSPS) is 12.0. The molecule has 0 aliphatic rings. The van der Waals surface area contributed by atoms with Gasteiger partial charge in [-0.25, -0.2) is 0 Å². The van der Waals surface area contributed by atoms with Crippen molar-refractivity contribution in [3.63, 3.8) is 0 Å². The Morgan fingerprint density at radius 3 is 2.00 bits per heavy atom. The van der Waals surface area contributed by atoms with Gasteiger partial charge in [0.05, 0.1) is 19.3 Å². The molecule has 2 rings (SSSR count). The van der Waals surface area contributed by atoms with E-state index in [0.717, 1.165) is 13.1 Å². The van der Waals surface area contributed by atoms with Gasteiger partial charge in [-0.1, -0.05) is 72.8 Å². The third kappa shape index (κ3) is 5.51. The summed E-state index contributed by atoms with van der Waals surface area (Å²) in [5, 5.41) is 0. The molecule has 0 aliphatic heterocycles. The summed E-state index contributed by atoms with van der Waals surface area (Å²) in [5.74, 6) is 0. The monoisotopic (exact) mass is 307 g/mol. The van der Waals surface area contributed by atoms with Gasteiger partial charge in [-0.05, 0) is 11.1 Å². The molecule has 1 atom stereocenters. The number of rotatable bonds is 10. The summed E-state index contributed by atoms with van der Waals surface area (Å²) in [6, 6.07) is 20.9. The highest BCUT2D eigenvalue weighted by Gasteiger charge is 2.18. The lowest BCUT2D eigenvalue weighted by Crippen LogP contribution is -2.32. The van der Waals surface area contributed by atoms with E-state index in [9.17, 15) is 0 Å². The van der Waals surface area contributed by atoms with Crippen LogP contribution in [-0.4, -0.2) is 24.6 Å². The maximum atomic E-state index is 6.00. The van der Waals surface area contributed by atoms with E-state index in [1.165, 1.54) is 11.1 Å². The van der Waals surface area contributed by atoms with Crippen LogP contribution < -0.4 is 0 Å². The van der Waals surface area contributed by atoms with Gasteiger partial charge < -0.3 is 4.74 Å². The second-order valence-electron chi connectivity index (χ2n) is 5.46. The van der Waals surface area contributed by atoms with Crippen molar-refractivity contribution in [1.29, 1.82) is 0 Å². The van der Waals surface area contributed by atoms with Crippen molar-refractivity contribution in [3.8, 4) is 0 Å². The first-order chi connectivity index (χ1) is 11.3. The Labute approximate surface area is 139 Å². The summed E-state index contributed by atoms with van der Waals surface area (Å²) < 4.78 is 6.00. The summed E-state index contributed by atoms with van der Waals surface area (Å²) in [7, 11) is 0. The van der Waals surface area contributed by atoms with Gasteiger partial charge in [-0.2, -0.15) is 0 Å². The fourth-order valence-electron chi connectivity index (χ4n) is 2.61. The molecular formula is C21H25NO. The van der Waals surface area contributed by atoms with Crippen LogP contribution in [0.3, 0.4) is 0 Å². The van der Waals surface area contributed by atoms with Crippen LogP contribution in [0.15, 0.2) is 86.0 Å². The predicted octanol–water partition coefficient (Wildman–Crippen LogP) is 4.62. The zero-order valence-electron chi connectivity index (χ0n) is 13.6. The highest BCUT2D eigenvalue weighted by Crippen LogP contribution is 2.21. The topological polar surface area (TPSA) is 12.5 Å². The van der Waals surface area contributed by atoms with Crippen molar-refractivity contribution in [2.45, 2.75) is 12.6 Å². The molecule has 0 saturated carbocycles. The SMILES string of the molecule is C=CCN(CC=C)[C@@H](COCc1ccccc1)c1ccccc1. The molecule has 0 aromatic heterocycles. The molecule has 2 heteroatoms. The Bertz CT molecular complexity index is 569. The number of ether oxygens (including phenoxy) is 1. The third-order valence-electron chi connectivity index (χ3n) is 3.74. The standard InChI is InChI=1S/C21H25NO/c1-3-15-22(16-4-2)21(20-13-9-6-10-14-20)18-23-17-19-11-7-5-8-12-19/h3-14,21H,1-2,15-18H2/t21-/m0/s1. The van der Waals surface area contributed by atoms with E-state index in [0.29, 0.717) is 13.2 Å². The molecule has 2 aromatic carbocycles. The fraction of sp³-hybridized carbons (Fsp3) is 0.238. The van der Waals surface area contributed by atoms with Crippen LogP contribution in [0.1, 0.15) is 17.2 Å². The Kier molecular flexibility index (Phi) is 7.31. The van der Waals surface area contributed by atoms with Gasteiger partial charge in [0.25, 0.3) is 0 Å². The molecule has 0 unspecified atom stereocenters. The Hall–Kier alpha value is -2.16. The minimum Gasteiger partial charge on any atom is -0.375 e. The van der Waals surface area contributed by atoms with E-state index < -0.39 is 0 Å². The molecule has 0 saturated heterocycles. The van der Waals surface area contributed by atoms with Gasteiger partial charge in [0, 0.05) is 13.1 Å². The van der Waals surface area contributed by atoms with Crippen molar-refractivity contribution in [3.05, 3.63) is 97.1 Å². The molecule has 0 spiro atoms. The summed E-state index contributed by atoms with van der Waals surface area (Å²) in [5.41, 5.74) is 2.45. The summed E-state index contributed by atoms with van der Waals surface area (Å²) in [6.45, 7) is 10.6. The quantitative estimate of drug-likeness (QED) is 0.594. The lowest BCUT2D eigenvalue weighted by Gasteiger charge is -2.30. The average molecular weight is 307 g/mol. The van der Waals surface area contributed by atoms with Gasteiger partial charge in [0.15, 0.2) is 0 Å². The zero-order valence-corrected chi connectivity index (χ0v) is 13.6. The zero-order chi connectivity index (χ0) is 16.3. The Morgan fingerprint density at radius 2 is 1.43 bits per heavy atom. The van der Waals surface area contributed by atoms with Crippen LogP contribution in [0.4, 0.5) is 0 Å². The van der Waals surface area contributed by atoms with Crippen molar-refractivity contribution in [1.82, 2.24) is 4.90 Å². The van der Waals surface area contributed by atoms with Crippen molar-refractivity contribution in [2.75, 3.05) is 19.7 Å². The lowest BCUT2D eigenvalue weighted by atomic mass is 10.1. The van der Waals surface area contributed by atoms with Crippen LogP contribution in [-0.2, 0) is 11.3 Å². The third-order valence-corrected chi connectivity index (χ3v) is 3.74. The molecule has 0 amide bonds. The van der Waals surface area contributed by atoms with E-state index in [-0.39, 0.29) is 6.04 Å². The van der Waals surface area contributed by atoms with Crippen LogP contribution in [0.5, 0.6) is 0 Å². The van der Waals surface area contributed by atoms with Crippen molar-refractivity contribution in [2.24, 2.45) is 0 Å². The molecule has 0 heterocycles. The summed E-state index contributed by atoms with van der Waals surface area (Å²) in [6.07, 6.45) is 3.85.